The first-order valence-corrected chi connectivity index (χ1v) is 8.17. The zero-order valence-electron chi connectivity index (χ0n) is 13.8. The van der Waals surface area contributed by atoms with Crippen molar-refractivity contribution >= 4 is 34.8 Å². The first-order chi connectivity index (χ1) is 11.6. The van der Waals surface area contributed by atoms with Crippen molar-refractivity contribution in [3.63, 3.8) is 0 Å². The van der Waals surface area contributed by atoms with E-state index in [1.54, 1.807) is 6.07 Å². The van der Waals surface area contributed by atoms with Crippen molar-refractivity contribution < 1.29 is 14.5 Å². The largest absolute Gasteiger partial charge is 0.477 e. The molecule has 0 saturated heterocycles. The lowest BCUT2D eigenvalue weighted by molar-refractivity contribution is -0.618. The van der Waals surface area contributed by atoms with Crippen molar-refractivity contribution in [1.29, 1.82) is 0 Å². The maximum atomic E-state index is 11.9. The van der Waals surface area contributed by atoms with Gasteiger partial charge in [-0.3, -0.25) is 0 Å². The summed E-state index contributed by atoms with van der Waals surface area (Å²) < 4.78 is 4.03. The number of para-hydroxylation sites is 2. The minimum absolute atomic E-state index is 0.331. The molecule has 2 aromatic heterocycles. The van der Waals surface area contributed by atoms with Gasteiger partial charge in [0.1, 0.15) is 5.35 Å². The Bertz CT molecular complexity index is 1150. The van der Waals surface area contributed by atoms with E-state index in [2.05, 4.69) is 29.6 Å². The van der Waals surface area contributed by atoms with Crippen LogP contribution in [0.25, 0.3) is 28.8 Å². The van der Waals surface area contributed by atoms with Crippen molar-refractivity contribution in [3.05, 3.63) is 58.1 Å². The second kappa shape index (κ2) is 5.34. The number of pyridine rings is 1. The quantitative estimate of drug-likeness (QED) is 0.734. The van der Waals surface area contributed by atoms with Crippen molar-refractivity contribution in [2.45, 2.75) is 19.8 Å². The second-order valence-electron chi connectivity index (χ2n) is 6.16. The minimum Gasteiger partial charge on any atom is -0.477 e. The minimum atomic E-state index is -0.900. The van der Waals surface area contributed by atoms with Crippen LogP contribution in [0.5, 0.6) is 0 Å². The number of benzene rings is 1. The average Bonchev–Trinajstić information content (AvgIpc) is 2.76. The molecule has 0 saturated carbocycles. The summed E-state index contributed by atoms with van der Waals surface area (Å²) in [6.45, 7) is 2.15. The summed E-state index contributed by atoms with van der Waals surface area (Å²) in [7, 11) is 1.92. The highest BCUT2D eigenvalue weighted by atomic mass is 16.4. The summed E-state index contributed by atoms with van der Waals surface area (Å²) in [6.07, 6.45) is 8.26. The summed E-state index contributed by atoms with van der Waals surface area (Å²) in [5.74, 6) is -0.900. The van der Waals surface area contributed by atoms with Crippen LogP contribution < -0.4 is 15.1 Å². The molecule has 2 heterocycles. The van der Waals surface area contributed by atoms with Gasteiger partial charge in [0.05, 0.1) is 7.05 Å². The molecule has 1 aromatic carbocycles. The molecule has 4 rings (SSSR count). The maximum absolute atomic E-state index is 11.9. The molecule has 0 spiro atoms. The molecule has 1 aliphatic carbocycles. The monoisotopic (exact) mass is 319 g/mol. The van der Waals surface area contributed by atoms with Gasteiger partial charge in [0, 0.05) is 5.22 Å². The molecule has 24 heavy (non-hydrogen) atoms. The number of carboxylic acid groups (broad SMARTS) is 1. The van der Waals surface area contributed by atoms with Crippen LogP contribution in [0.15, 0.2) is 42.0 Å². The third kappa shape index (κ3) is 1.99. The number of aryl methyl sites for hydroxylation is 1. The number of carbonyl (C=O) groups is 1. The van der Waals surface area contributed by atoms with Crippen LogP contribution in [-0.4, -0.2) is 15.5 Å². The SMILES string of the molecule is CCC1=CC=c2c(cc(C(=O)O)c3n2c2ccccc2[n+]3C)=CC1. The third-order valence-corrected chi connectivity index (χ3v) is 4.84. The predicted molar refractivity (Wildman–Crippen MR) is 94.2 cm³/mol. The van der Waals surface area contributed by atoms with Crippen molar-refractivity contribution in [3.8, 4) is 0 Å². The lowest BCUT2D eigenvalue weighted by atomic mass is 10.1. The number of fused-ring (bicyclic) bond motifs is 5. The number of allylic oxidation sites excluding steroid dienone is 2. The van der Waals surface area contributed by atoms with Crippen LogP contribution in [0.2, 0.25) is 0 Å². The maximum Gasteiger partial charge on any atom is 0.344 e. The van der Waals surface area contributed by atoms with E-state index in [1.165, 1.54) is 5.57 Å². The highest BCUT2D eigenvalue weighted by molar-refractivity contribution is 5.95. The van der Waals surface area contributed by atoms with Crippen LogP contribution in [0.3, 0.4) is 0 Å². The molecule has 0 atom stereocenters. The Hall–Kier alpha value is -2.88. The Morgan fingerprint density at radius 2 is 2.08 bits per heavy atom. The van der Waals surface area contributed by atoms with Crippen LogP contribution in [-0.2, 0) is 7.05 Å². The van der Waals surface area contributed by atoms with E-state index in [9.17, 15) is 9.90 Å². The Morgan fingerprint density at radius 1 is 1.29 bits per heavy atom. The van der Waals surface area contributed by atoms with Gasteiger partial charge in [0.2, 0.25) is 0 Å². The molecule has 1 aliphatic rings. The number of aromatic carboxylic acids is 1. The fourth-order valence-corrected chi connectivity index (χ4v) is 3.54. The highest BCUT2D eigenvalue weighted by Crippen LogP contribution is 2.15. The van der Waals surface area contributed by atoms with Crippen LogP contribution in [0, 0.1) is 0 Å². The Morgan fingerprint density at radius 3 is 2.83 bits per heavy atom. The Balaban J connectivity index is 2.32. The molecule has 3 aromatic rings. The van der Waals surface area contributed by atoms with E-state index in [-0.39, 0.29) is 0 Å². The molecule has 4 heteroatoms. The molecule has 4 nitrogen and oxygen atoms in total. The van der Waals surface area contributed by atoms with Gasteiger partial charge in [-0.15, -0.1) is 0 Å². The van der Waals surface area contributed by atoms with E-state index >= 15 is 0 Å². The fourth-order valence-electron chi connectivity index (χ4n) is 3.54. The van der Waals surface area contributed by atoms with E-state index in [0.717, 1.165) is 34.4 Å². The first-order valence-electron chi connectivity index (χ1n) is 8.17. The van der Waals surface area contributed by atoms with E-state index < -0.39 is 5.97 Å². The summed E-state index contributed by atoms with van der Waals surface area (Å²) in [4.78, 5) is 11.9. The summed E-state index contributed by atoms with van der Waals surface area (Å²) in [5, 5.41) is 11.7. The number of imidazole rings is 1. The summed E-state index contributed by atoms with van der Waals surface area (Å²) in [5.41, 5.74) is 4.42. The van der Waals surface area contributed by atoms with Gasteiger partial charge in [-0.1, -0.05) is 36.8 Å². The van der Waals surface area contributed by atoms with Crippen LogP contribution >= 0.6 is 0 Å². The van der Waals surface area contributed by atoms with E-state index in [4.69, 9.17) is 0 Å². The van der Waals surface area contributed by atoms with Gasteiger partial charge < -0.3 is 5.11 Å². The molecule has 1 N–H and O–H groups in total. The van der Waals surface area contributed by atoms with Gasteiger partial charge >= 0.3 is 11.6 Å². The molecule has 0 radical (unpaired) electrons. The van der Waals surface area contributed by atoms with Crippen molar-refractivity contribution in [2.75, 3.05) is 0 Å². The van der Waals surface area contributed by atoms with Gasteiger partial charge in [-0.2, -0.15) is 4.40 Å². The number of carboxylic acids is 1. The first kappa shape index (κ1) is 14.7. The fraction of sp³-hybridized carbons (Fsp3) is 0.200. The molecule has 0 fully saturated rings. The van der Waals surface area contributed by atoms with E-state index in [0.29, 0.717) is 11.2 Å². The van der Waals surface area contributed by atoms with Gasteiger partial charge in [-0.25, -0.2) is 9.36 Å². The number of hydrogen-bond donors (Lipinski definition) is 1. The molecule has 0 bridgehead atoms. The second-order valence-corrected chi connectivity index (χ2v) is 6.16. The Kier molecular flexibility index (Phi) is 3.27. The molecular formula is C20H19N2O2+. The number of nitrogens with zero attached hydrogens (tertiary/aromatic N) is 2. The summed E-state index contributed by atoms with van der Waals surface area (Å²) in [6, 6.07) is 9.83. The van der Waals surface area contributed by atoms with Crippen molar-refractivity contribution in [1.82, 2.24) is 4.40 Å². The lowest BCUT2D eigenvalue weighted by Crippen LogP contribution is -2.37. The Labute approximate surface area is 139 Å². The average molecular weight is 319 g/mol. The number of hydrogen-bond acceptors (Lipinski definition) is 1. The van der Waals surface area contributed by atoms with E-state index in [1.807, 2.05) is 35.9 Å². The zero-order valence-corrected chi connectivity index (χ0v) is 13.8. The molecule has 0 amide bonds. The zero-order chi connectivity index (χ0) is 16.8. The normalized spacial score (nSPS) is 13.8. The number of aromatic nitrogens is 2. The predicted octanol–water partition coefficient (Wildman–Crippen LogP) is 1.92. The van der Waals surface area contributed by atoms with Gasteiger partial charge in [-0.05, 0) is 37.1 Å². The van der Waals surface area contributed by atoms with Crippen LogP contribution in [0.4, 0.5) is 0 Å². The van der Waals surface area contributed by atoms with Gasteiger partial charge in [0.25, 0.3) is 0 Å². The molecular weight excluding hydrogens is 300 g/mol. The number of rotatable bonds is 2. The van der Waals surface area contributed by atoms with Gasteiger partial charge in [0.15, 0.2) is 16.6 Å². The lowest BCUT2D eigenvalue weighted by Gasteiger charge is -1.98. The summed E-state index contributed by atoms with van der Waals surface area (Å²) >= 11 is 0. The van der Waals surface area contributed by atoms with Crippen LogP contribution in [0.1, 0.15) is 30.1 Å². The van der Waals surface area contributed by atoms with Crippen molar-refractivity contribution in [2.24, 2.45) is 7.05 Å². The molecule has 0 unspecified atom stereocenters. The smallest absolute Gasteiger partial charge is 0.344 e. The standard InChI is InChI=1S/C20H18N2O2/c1-3-13-8-10-14-12-15(20(23)24)19-21(2)17-6-4-5-7-18(17)22(19)16(14)11-9-13/h4-7,9-12H,3,8H2,1-2H3/p+1. The molecule has 120 valence electrons. The topological polar surface area (TPSA) is 45.6 Å². The highest BCUT2D eigenvalue weighted by Gasteiger charge is 2.25. The third-order valence-electron chi connectivity index (χ3n) is 4.84. The molecule has 0 aliphatic heterocycles.